The van der Waals surface area contributed by atoms with E-state index in [2.05, 4.69) is 15.4 Å². The number of thioether (sulfide) groups is 1. The van der Waals surface area contributed by atoms with Crippen LogP contribution in [0.25, 0.3) is 5.69 Å². The summed E-state index contributed by atoms with van der Waals surface area (Å²) in [5, 5.41) is 7.34. The summed E-state index contributed by atoms with van der Waals surface area (Å²) in [6.45, 7) is 1.94. The molecule has 0 bridgehead atoms. The fourth-order valence-corrected chi connectivity index (χ4v) is 2.99. The highest BCUT2D eigenvalue weighted by atomic mass is 32.2. The number of aryl methyl sites for hydroxylation is 1. The Hall–Kier alpha value is -2.60. The maximum absolute atomic E-state index is 12.1. The van der Waals surface area contributed by atoms with Gasteiger partial charge in [-0.2, -0.15) is 0 Å². The van der Waals surface area contributed by atoms with Gasteiger partial charge in [0.1, 0.15) is 0 Å². The fourth-order valence-electron chi connectivity index (χ4n) is 2.21. The molecule has 3 rings (SSSR count). The van der Waals surface area contributed by atoms with E-state index in [-0.39, 0.29) is 5.91 Å². The standard InChI is InChI=1S/C18H18N4OS/c1-14-11-22(16-5-3-2-4-6-16)21-18(14)20-17(23)13-24-12-15-7-9-19-10-8-15/h2-11H,12-13H2,1H3,(H,20,21,23). The van der Waals surface area contributed by atoms with Crippen LogP contribution < -0.4 is 5.32 Å². The summed E-state index contributed by atoms with van der Waals surface area (Å²) >= 11 is 1.57. The van der Waals surface area contributed by atoms with E-state index < -0.39 is 0 Å². The summed E-state index contributed by atoms with van der Waals surface area (Å²) in [6, 6.07) is 13.7. The van der Waals surface area contributed by atoms with E-state index >= 15 is 0 Å². The molecule has 6 heteroatoms. The first-order valence-electron chi connectivity index (χ1n) is 7.60. The Morgan fingerprint density at radius 3 is 2.67 bits per heavy atom. The van der Waals surface area contributed by atoms with Crippen molar-refractivity contribution < 1.29 is 4.79 Å². The van der Waals surface area contributed by atoms with Crippen molar-refractivity contribution in [2.45, 2.75) is 12.7 Å². The second-order valence-electron chi connectivity index (χ2n) is 5.34. The van der Waals surface area contributed by atoms with Gasteiger partial charge in [-0.1, -0.05) is 18.2 Å². The molecule has 3 aromatic rings. The zero-order valence-electron chi connectivity index (χ0n) is 13.3. The third kappa shape index (κ3) is 4.23. The van der Waals surface area contributed by atoms with Crippen LogP contribution in [0.15, 0.2) is 61.1 Å². The molecule has 0 saturated heterocycles. The largest absolute Gasteiger partial charge is 0.308 e. The van der Waals surface area contributed by atoms with E-state index in [0.717, 1.165) is 22.6 Å². The lowest BCUT2D eigenvalue weighted by atomic mass is 10.3. The van der Waals surface area contributed by atoms with E-state index in [9.17, 15) is 4.79 Å². The van der Waals surface area contributed by atoms with Gasteiger partial charge in [0.25, 0.3) is 0 Å². The highest BCUT2D eigenvalue weighted by Gasteiger charge is 2.10. The number of hydrogen-bond donors (Lipinski definition) is 1. The first-order valence-corrected chi connectivity index (χ1v) is 8.76. The molecule has 2 heterocycles. The number of aromatic nitrogens is 3. The second kappa shape index (κ2) is 7.79. The van der Waals surface area contributed by atoms with Crippen molar-refractivity contribution >= 4 is 23.5 Å². The van der Waals surface area contributed by atoms with Crippen LogP contribution in [0.4, 0.5) is 5.82 Å². The number of rotatable bonds is 6. The molecule has 1 N–H and O–H groups in total. The molecule has 2 aromatic heterocycles. The lowest BCUT2D eigenvalue weighted by Gasteiger charge is -2.04. The second-order valence-corrected chi connectivity index (χ2v) is 6.32. The summed E-state index contributed by atoms with van der Waals surface area (Å²) < 4.78 is 1.77. The number of anilines is 1. The molecule has 0 unspecified atom stereocenters. The zero-order valence-corrected chi connectivity index (χ0v) is 14.2. The molecule has 0 radical (unpaired) electrons. The molecular weight excluding hydrogens is 320 g/mol. The minimum atomic E-state index is -0.0459. The number of pyridine rings is 1. The molecule has 0 atom stereocenters. The maximum Gasteiger partial charge on any atom is 0.235 e. The van der Waals surface area contributed by atoms with Crippen LogP contribution in [0.2, 0.25) is 0 Å². The quantitative estimate of drug-likeness (QED) is 0.748. The van der Waals surface area contributed by atoms with Gasteiger partial charge in [-0.05, 0) is 36.8 Å². The number of carbonyl (C=O) groups is 1. The Balaban J connectivity index is 1.56. The zero-order chi connectivity index (χ0) is 16.8. The van der Waals surface area contributed by atoms with Crippen LogP contribution in [0.5, 0.6) is 0 Å². The monoisotopic (exact) mass is 338 g/mol. The van der Waals surface area contributed by atoms with Gasteiger partial charge in [0.15, 0.2) is 5.82 Å². The number of hydrogen-bond acceptors (Lipinski definition) is 4. The number of amides is 1. The number of benzene rings is 1. The Labute approximate surface area is 145 Å². The summed E-state index contributed by atoms with van der Waals surface area (Å²) in [5.74, 6) is 1.73. The molecule has 1 aromatic carbocycles. The molecule has 5 nitrogen and oxygen atoms in total. The van der Waals surface area contributed by atoms with Crippen LogP contribution in [0.3, 0.4) is 0 Å². The van der Waals surface area contributed by atoms with Gasteiger partial charge in [-0.15, -0.1) is 16.9 Å². The molecule has 24 heavy (non-hydrogen) atoms. The van der Waals surface area contributed by atoms with Crippen LogP contribution >= 0.6 is 11.8 Å². The minimum absolute atomic E-state index is 0.0459. The fraction of sp³-hybridized carbons (Fsp3) is 0.167. The topological polar surface area (TPSA) is 59.8 Å². The van der Waals surface area contributed by atoms with Crippen molar-refractivity contribution in [1.82, 2.24) is 14.8 Å². The highest BCUT2D eigenvalue weighted by molar-refractivity contribution is 7.99. The van der Waals surface area contributed by atoms with Crippen molar-refractivity contribution in [1.29, 1.82) is 0 Å². The van der Waals surface area contributed by atoms with E-state index in [1.54, 1.807) is 28.8 Å². The number of carbonyl (C=O) groups excluding carboxylic acids is 1. The van der Waals surface area contributed by atoms with Crippen LogP contribution in [0, 0.1) is 6.92 Å². The number of nitrogens with one attached hydrogen (secondary N) is 1. The average molecular weight is 338 g/mol. The first kappa shape index (κ1) is 16.3. The summed E-state index contributed by atoms with van der Waals surface area (Å²) in [6.07, 6.45) is 5.43. The summed E-state index contributed by atoms with van der Waals surface area (Å²) in [7, 11) is 0. The summed E-state index contributed by atoms with van der Waals surface area (Å²) in [5.41, 5.74) is 3.06. The van der Waals surface area contributed by atoms with Gasteiger partial charge >= 0.3 is 0 Å². The third-order valence-corrected chi connectivity index (χ3v) is 4.43. The van der Waals surface area contributed by atoms with Crippen molar-refractivity contribution in [3.05, 3.63) is 72.2 Å². The summed E-state index contributed by atoms with van der Waals surface area (Å²) in [4.78, 5) is 16.1. The molecule has 0 saturated carbocycles. The molecule has 0 fully saturated rings. The Kier molecular flexibility index (Phi) is 5.28. The van der Waals surface area contributed by atoms with Gasteiger partial charge in [0, 0.05) is 29.9 Å². The Morgan fingerprint density at radius 1 is 1.17 bits per heavy atom. The number of para-hydroxylation sites is 1. The molecule has 0 aliphatic carbocycles. The SMILES string of the molecule is Cc1cn(-c2ccccc2)nc1NC(=O)CSCc1ccncc1. The van der Waals surface area contributed by atoms with Gasteiger partial charge in [0.05, 0.1) is 11.4 Å². The Bertz CT molecular complexity index is 802. The van der Waals surface area contributed by atoms with E-state index in [1.807, 2.05) is 55.6 Å². The van der Waals surface area contributed by atoms with Gasteiger partial charge in [-0.3, -0.25) is 9.78 Å². The average Bonchev–Trinajstić information content (AvgIpc) is 2.97. The minimum Gasteiger partial charge on any atom is -0.308 e. The lowest BCUT2D eigenvalue weighted by molar-refractivity contribution is -0.113. The number of nitrogens with zero attached hydrogens (tertiary/aromatic N) is 3. The maximum atomic E-state index is 12.1. The van der Waals surface area contributed by atoms with Gasteiger partial charge < -0.3 is 5.32 Å². The van der Waals surface area contributed by atoms with Gasteiger partial charge in [0.2, 0.25) is 5.91 Å². The smallest absolute Gasteiger partial charge is 0.235 e. The van der Waals surface area contributed by atoms with Crippen molar-refractivity contribution in [2.24, 2.45) is 0 Å². The lowest BCUT2D eigenvalue weighted by Crippen LogP contribution is -2.15. The molecule has 0 spiro atoms. The normalized spacial score (nSPS) is 10.5. The molecule has 0 aliphatic heterocycles. The molecule has 0 aliphatic rings. The predicted molar refractivity (Wildman–Crippen MR) is 97.3 cm³/mol. The van der Waals surface area contributed by atoms with Gasteiger partial charge in [-0.25, -0.2) is 4.68 Å². The molecule has 1 amide bonds. The molecular formula is C18H18N4OS. The van der Waals surface area contributed by atoms with Crippen LogP contribution in [-0.2, 0) is 10.5 Å². The first-order chi connectivity index (χ1) is 11.7. The van der Waals surface area contributed by atoms with E-state index in [0.29, 0.717) is 11.6 Å². The van der Waals surface area contributed by atoms with Crippen LogP contribution in [0.1, 0.15) is 11.1 Å². The van der Waals surface area contributed by atoms with Crippen molar-refractivity contribution in [3.8, 4) is 5.69 Å². The highest BCUT2D eigenvalue weighted by Crippen LogP contribution is 2.17. The molecule has 122 valence electrons. The van der Waals surface area contributed by atoms with E-state index in [4.69, 9.17) is 0 Å². The Morgan fingerprint density at radius 2 is 1.92 bits per heavy atom. The van der Waals surface area contributed by atoms with Crippen LogP contribution in [-0.4, -0.2) is 26.4 Å². The van der Waals surface area contributed by atoms with Crippen molar-refractivity contribution in [3.63, 3.8) is 0 Å². The van der Waals surface area contributed by atoms with E-state index in [1.165, 1.54) is 0 Å². The third-order valence-electron chi connectivity index (χ3n) is 3.43. The van der Waals surface area contributed by atoms with Crippen molar-refractivity contribution in [2.75, 3.05) is 11.1 Å². The predicted octanol–water partition coefficient (Wildman–Crippen LogP) is 3.45.